The number of para-hydroxylation sites is 1. The van der Waals surface area contributed by atoms with Gasteiger partial charge in [-0.3, -0.25) is 4.90 Å². The maximum Gasteiger partial charge on any atom is 0.0989 e. The Labute approximate surface area is 244 Å². The third-order valence-corrected chi connectivity index (χ3v) is 9.63. The van der Waals surface area contributed by atoms with Crippen molar-refractivity contribution in [1.29, 1.82) is 0 Å². The van der Waals surface area contributed by atoms with E-state index in [1.165, 1.54) is 90.6 Å². The van der Waals surface area contributed by atoms with Gasteiger partial charge in [0.15, 0.2) is 0 Å². The lowest BCUT2D eigenvalue weighted by molar-refractivity contribution is 0.0376. The van der Waals surface area contributed by atoms with Crippen molar-refractivity contribution in [2.24, 2.45) is 0 Å². The monoisotopic (exact) mass is 554 g/mol. The van der Waals surface area contributed by atoms with Crippen LogP contribution in [0.25, 0.3) is 32.8 Å². The minimum Gasteiger partial charge on any atom is -0.379 e. The van der Waals surface area contributed by atoms with Crippen LogP contribution in [0.15, 0.2) is 42.5 Å². The van der Waals surface area contributed by atoms with Crippen molar-refractivity contribution < 1.29 is 4.74 Å². The molecule has 0 bridgehead atoms. The molecule has 218 valence electrons. The molecule has 41 heavy (non-hydrogen) atoms. The number of ether oxygens (including phenoxy) is 1. The maximum atomic E-state index is 5.57. The topological polar surface area (TPSA) is 40.0 Å². The van der Waals surface area contributed by atoms with Crippen LogP contribution in [0.1, 0.15) is 31.2 Å². The molecule has 0 N–H and O–H groups in total. The normalized spacial score (nSPS) is 19.5. The summed E-state index contributed by atoms with van der Waals surface area (Å²) >= 11 is 0. The molecule has 2 aromatic heterocycles. The number of fused-ring (bicyclic) bond motifs is 5. The van der Waals surface area contributed by atoms with Crippen LogP contribution in [-0.2, 0) is 17.7 Å². The molecule has 0 aliphatic carbocycles. The van der Waals surface area contributed by atoms with E-state index in [0.717, 1.165) is 70.8 Å². The van der Waals surface area contributed by atoms with Crippen LogP contribution >= 0.6 is 0 Å². The van der Waals surface area contributed by atoms with Crippen molar-refractivity contribution >= 4 is 38.5 Å². The fourth-order valence-corrected chi connectivity index (χ4v) is 7.27. The van der Waals surface area contributed by atoms with Crippen molar-refractivity contribution in [3.8, 4) is 0 Å². The van der Waals surface area contributed by atoms with Crippen molar-refractivity contribution in [1.82, 2.24) is 24.3 Å². The number of hydrogen-bond donors (Lipinski definition) is 0. The summed E-state index contributed by atoms with van der Waals surface area (Å²) in [5.41, 5.74) is 7.84. The van der Waals surface area contributed by atoms with Gasteiger partial charge in [0.1, 0.15) is 0 Å². The second-order valence-corrected chi connectivity index (χ2v) is 12.4. The lowest BCUT2D eigenvalue weighted by atomic mass is 10.0. The molecule has 2 aromatic carbocycles. The van der Waals surface area contributed by atoms with Crippen LogP contribution in [0, 0.1) is 0 Å². The van der Waals surface area contributed by atoms with E-state index < -0.39 is 0 Å². The predicted octanol–water partition coefficient (Wildman–Crippen LogP) is 4.85. The highest BCUT2D eigenvalue weighted by molar-refractivity contribution is 6.16. The van der Waals surface area contributed by atoms with Crippen LogP contribution in [0.4, 0.5) is 5.69 Å². The van der Waals surface area contributed by atoms with E-state index in [1.807, 2.05) is 0 Å². The van der Waals surface area contributed by atoms with Crippen LogP contribution in [-0.4, -0.2) is 110 Å². The SMILES string of the molecule is CN1CCN(CCCCc2ccc3c(c2)c2nc4ccccc4c4c2n3CCCN4CCCN2CCOCC2)CC1. The molecule has 5 heterocycles. The van der Waals surface area contributed by atoms with E-state index in [0.29, 0.717) is 0 Å². The highest BCUT2D eigenvalue weighted by Gasteiger charge is 2.25. The Balaban J connectivity index is 1.16. The summed E-state index contributed by atoms with van der Waals surface area (Å²) < 4.78 is 8.15. The molecule has 0 amide bonds. The van der Waals surface area contributed by atoms with E-state index in [4.69, 9.17) is 9.72 Å². The van der Waals surface area contributed by atoms with E-state index in [9.17, 15) is 0 Å². The first kappa shape index (κ1) is 27.1. The molecule has 7 heteroatoms. The third-order valence-electron chi connectivity index (χ3n) is 9.63. The highest BCUT2D eigenvalue weighted by atomic mass is 16.5. The first-order chi connectivity index (χ1) is 20.2. The number of piperazine rings is 1. The molecule has 3 aliphatic heterocycles. The smallest absolute Gasteiger partial charge is 0.0989 e. The fourth-order valence-electron chi connectivity index (χ4n) is 7.27. The molecule has 0 saturated carbocycles. The molecule has 7 rings (SSSR count). The number of morpholine rings is 1. The Morgan fingerprint density at radius 1 is 0.756 bits per heavy atom. The molecule has 3 aliphatic rings. The van der Waals surface area contributed by atoms with E-state index in [1.54, 1.807) is 0 Å². The minimum atomic E-state index is 0.873. The maximum absolute atomic E-state index is 5.57. The molecule has 2 fully saturated rings. The number of pyridine rings is 1. The fraction of sp³-hybridized carbons (Fsp3) is 0.559. The summed E-state index contributed by atoms with van der Waals surface area (Å²) in [6.07, 6.45) is 6.00. The Morgan fingerprint density at radius 2 is 1.56 bits per heavy atom. The number of aryl methyl sites for hydroxylation is 2. The number of aromatic nitrogens is 2. The van der Waals surface area contributed by atoms with Gasteiger partial charge in [0, 0.05) is 76.2 Å². The predicted molar refractivity (Wildman–Crippen MR) is 170 cm³/mol. The number of likely N-dealkylation sites (N-methyl/N-ethyl adjacent to an activating group) is 1. The number of rotatable bonds is 9. The Bertz CT molecular complexity index is 1480. The number of nitrogens with zero attached hydrogens (tertiary/aromatic N) is 6. The van der Waals surface area contributed by atoms with Crippen molar-refractivity contribution in [3.63, 3.8) is 0 Å². The molecule has 0 radical (unpaired) electrons. The quantitative estimate of drug-likeness (QED) is 0.276. The number of unbranched alkanes of at least 4 members (excludes halogenated alkanes) is 1. The van der Waals surface area contributed by atoms with Gasteiger partial charge in [-0.2, -0.15) is 0 Å². The van der Waals surface area contributed by atoms with Crippen LogP contribution in [0.2, 0.25) is 0 Å². The van der Waals surface area contributed by atoms with Gasteiger partial charge < -0.3 is 24.0 Å². The van der Waals surface area contributed by atoms with Crippen LogP contribution < -0.4 is 4.90 Å². The van der Waals surface area contributed by atoms with Crippen molar-refractivity contribution in [2.75, 3.05) is 90.6 Å². The van der Waals surface area contributed by atoms with Gasteiger partial charge in [0.25, 0.3) is 0 Å². The van der Waals surface area contributed by atoms with Gasteiger partial charge in [-0.15, -0.1) is 0 Å². The third kappa shape index (κ3) is 5.70. The van der Waals surface area contributed by atoms with E-state index in [-0.39, 0.29) is 0 Å². The molecule has 0 atom stereocenters. The van der Waals surface area contributed by atoms with Gasteiger partial charge in [0.05, 0.1) is 41.0 Å². The van der Waals surface area contributed by atoms with Crippen LogP contribution in [0.5, 0.6) is 0 Å². The number of benzene rings is 2. The molecule has 0 spiro atoms. The average molecular weight is 555 g/mol. The van der Waals surface area contributed by atoms with Crippen molar-refractivity contribution in [2.45, 2.75) is 38.6 Å². The Kier molecular flexibility index (Phi) is 8.12. The summed E-state index contributed by atoms with van der Waals surface area (Å²) in [5.74, 6) is 0. The first-order valence-corrected chi connectivity index (χ1v) is 16.0. The number of hydrogen-bond acceptors (Lipinski definition) is 6. The molecule has 0 unspecified atom stereocenters. The first-order valence-electron chi connectivity index (χ1n) is 16.0. The summed E-state index contributed by atoms with van der Waals surface area (Å²) in [4.78, 5) is 15.6. The summed E-state index contributed by atoms with van der Waals surface area (Å²) in [6.45, 7) is 14.3. The van der Waals surface area contributed by atoms with Gasteiger partial charge in [-0.05, 0) is 69.5 Å². The second kappa shape index (κ2) is 12.3. The van der Waals surface area contributed by atoms with Crippen LogP contribution in [0.3, 0.4) is 0 Å². The average Bonchev–Trinajstić information content (AvgIpc) is 3.17. The van der Waals surface area contributed by atoms with Gasteiger partial charge in [-0.25, -0.2) is 4.98 Å². The van der Waals surface area contributed by atoms with E-state index >= 15 is 0 Å². The Morgan fingerprint density at radius 3 is 2.44 bits per heavy atom. The Hall–Kier alpha value is -2.71. The van der Waals surface area contributed by atoms with E-state index in [2.05, 4.69) is 73.7 Å². The largest absolute Gasteiger partial charge is 0.379 e. The van der Waals surface area contributed by atoms with Crippen molar-refractivity contribution in [3.05, 3.63) is 48.0 Å². The standard InChI is InChI=1S/C34H46N6O/c1-36-18-20-37(21-19-36)13-5-4-8-27-11-12-31-29(26-27)32-34-33(28-9-2-3-10-30(28)35-32)39(16-7-17-40(31)34)15-6-14-38-22-24-41-25-23-38/h2-3,9-12,26H,4-8,13-25H2,1H3. The lowest BCUT2D eigenvalue weighted by Crippen LogP contribution is -2.44. The molecular weight excluding hydrogens is 508 g/mol. The van der Waals surface area contributed by atoms with Gasteiger partial charge in [-0.1, -0.05) is 24.3 Å². The zero-order valence-electron chi connectivity index (χ0n) is 24.9. The zero-order valence-corrected chi connectivity index (χ0v) is 24.9. The molecule has 7 nitrogen and oxygen atoms in total. The zero-order chi connectivity index (χ0) is 27.6. The second-order valence-electron chi connectivity index (χ2n) is 12.4. The summed E-state index contributed by atoms with van der Waals surface area (Å²) in [5, 5.41) is 2.63. The number of anilines is 1. The minimum absolute atomic E-state index is 0.873. The van der Waals surface area contributed by atoms with Gasteiger partial charge >= 0.3 is 0 Å². The highest BCUT2D eigenvalue weighted by Crippen LogP contribution is 2.41. The molecule has 2 saturated heterocycles. The molecular formula is C34H46N6O. The summed E-state index contributed by atoms with van der Waals surface area (Å²) in [7, 11) is 2.23. The summed E-state index contributed by atoms with van der Waals surface area (Å²) in [6, 6.07) is 16.0. The lowest BCUT2D eigenvalue weighted by Gasteiger charge is -2.32. The van der Waals surface area contributed by atoms with Gasteiger partial charge in [0.2, 0.25) is 0 Å². The molecule has 4 aromatic rings.